The third-order valence-corrected chi connectivity index (χ3v) is 7.24. The number of anilines is 1. The van der Waals surface area contributed by atoms with E-state index in [0.717, 1.165) is 39.5 Å². The standard InChI is InChI=1S/C30H24FN3O4S/c1-39(36,37)26-10-6-20(7-11-26)22-14-23-15-25(18-34-29(35)13-3-19-2-12-28(32)33-17-19)38-30(23)27(16-22)21-4-8-24(31)9-5-21/h2-17H,18H2,1H3,(H2,32,33)(H,34,35)/b13-3+. The fourth-order valence-corrected chi connectivity index (χ4v) is 4.75. The molecule has 9 heteroatoms. The zero-order chi connectivity index (χ0) is 27.6. The molecule has 3 aromatic carbocycles. The van der Waals surface area contributed by atoms with Gasteiger partial charge in [0.1, 0.15) is 23.0 Å². The number of furan rings is 1. The van der Waals surface area contributed by atoms with E-state index in [1.807, 2.05) is 18.2 Å². The van der Waals surface area contributed by atoms with E-state index in [1.54, 1.807) is 60.8 Å². The Morgan fingerprint density at radius 3 is 2.36 bits per heavy atom. The molecular weight excluding hydrogens is 517 g/mol. The van der Waals surface area contributed by atoms with Gasteiger partial charge in [-0.05, 0) is 82.9 Å². The van der Waals surface area contributed by atoms with Crippen LogP contribution in [0.25, 0.3) is 39.3 Å². The van der Waals surface area contributed by atoms with Crippen LogP contribution in [0, 0.1) is 5.82 Å². The Morgan fingerprint density at radius 2 is 1.69 bits per heavy atom. The highest BCUT2D eigenvalue weighted by Crippen LogP contribution is 2.36. The van der Waals surface area contributed by atoms with Gasteiger partial charge in [0.05, 0.1) is 11.4 Å². The van der Waals surface area contributed by atoms with E-state index in [1.165, 1.54) is 18.2 Å². The summed E-state index contributed by atoms with van der Waals surface area (Å²) >= 11 is 0. The van der Waals surface area contributed by atoms with E-state index in [2.05, 4.69) is 10.3 Å². The maximum absolute atomic E-state index is 13.6. The number of amides is 1. The Morgan fingerprint density at radius 1 is 0.974 bits per heavy atom. The molecule has 1 amide bonds. The number of fused-ring (bicyclic) bond motifs is 1. The number of sulfone groups is 1. The Hall–Kier alpha value is -4.76. The highest BCUT2D eigenvalue weighted by atomic mass is 32.2. The van der Waals surface area contributed by atoms with E-state index in [-0.39, 0.29) is 23.2 Å². The molecule has 2 heterocycles. The Kier molecular flexibility index (Phi) is 7.00. The first kappa shape index (κ1) is 25.9. The minimum atomic E-state index is -3.32. The number of halogens is 1. The average Bonchev–Trinajstić information content (AvgIpc) is 3.34. The van der Waals surface area contributed by atoms with E-state index >= 15 is 0 Å². The smallest absolute Gasteiger partial charge is 0.244 e. The molecular formula is C30H24FN3O4S. The lowest BCUT2D eigenvalue weighted by Crippen LogP contribution is -2.19. The van der Waals surface area contributed by atoms with Crippen LogP contribution in [0.1, 0.15) is 11.3 Å². The molecule has 5 rings (SSSR count). The summed E-state index contributed by atoms with van der Waals surface area (Å²) in [5.41, 5.74) is 10.0. The number of nitrogens with zero attached hydrogens (tertiary/aromatic N) is 1. The van der Waals surface area contributed by atoms with Gasteiger partial charge >= 0.3 is 0 Å². The van der Waals surface area contributed by atoms with Gasteiger partial charge in [0.25, 0.3) is 0 Å². The third kappa shape index (κ3) is 6.05. The maximum atomic E-state index is 13.6. The Balaban J connectivity index is 1.45. The van der Waals surface area contributed by atoms with Gasteiger partial charge in [0.15, 0.2) is 9.84 Å². The minimum absolute atomic E-state index is 0.152. The van der Waals surface area contributed by atoms with Crippen LogP contribution in [0.4, 0.5) is 10.2 Å². The van der Waals surface area contributed by atoms with Crippen molar-refractivity contribution >= 4 is 38.6 Å². The predicted octanol–water partition coefficient (Wildman–Crippen LogP) is 5.62. The molecule has 39 heavy (non-hydrogen) atoms. The molecule has 0 aliphatic heterocycles. The topological polar surface area (TPSA) is 115 Å². The zero-order valence-corrected chi connectivity index (χ0v) is 21.7. The number of rotatable bonds is 7. The number of benzene rings is 3. The van der Waals surface area contributed by atoms with Gasteiger partial charge < -0.3 is 15.5 Å². The number of hydrogen-bond donors (Lipinski definition) is 2. The van der Waals surface area contributed by atoms with E-state index in [9.17, 15) is 17.6 Å². The number of nitrogens with one attached hydrogen (secondary N) is 1. The lowest BCUT2D eigenvalue weighted by molar-refractivity contribution is -0.116. The fourth-order valence-electron chi connectivity index (χ4n) is 4.12. The third-order valence-electron chi connectivity index (χ3n) is 6.11. The number of carbonyl (C=O) groups is 1. The number of hydrogen-bond acceptors (Lipinski definition) is 6. The van der Waals surface area contributed by atoms with Gasteiger partial charge in [-0.2, -0.15) is 0 Å². The van der Waals surface area contributed by atoms with Crippen molar-refractivity contribution in [2.24, 2.45) is 0 Å². The van der Waals surface area contributed by atoms with Crippen LogP contribution in [-0.4, -0.2) is 25.6 Å². The highest BCUT2D eigenvalue weighted by molar-refractivity contribution is 7.90. The summed E-state index contributed by atoms with van der Waals surface area (Å²) in [5, 5.41) is 3.59. The molecule has 0 bridgehead atoms. The Bertz CT molecular complexity index is 1790. The average molecular weight is 542 g/mol. The molecule has 0 aliphatic carbocycles. The van der Waals surface area contributed by atoms with Crippen molar-refractivity contribution in [3.8, 4) is 22.3 Å². The number of nitrogen functional groups attached to an aromatic ring is 1. The quantitative estimate of drug-likeness (QED) is 0.259. The molecule has 0 spiro atoms. The van der Waals surface area contributed by atoms with Gasteiger partial charge in [-0.3, -0.25) is 4.79 Å². The van der Waals surface area contributed by atoms with Crippen LogP contribution >= 0.6 is 0 Å². The molecule has 196 valence electrons. The summed E-state index contributed by atoms with van der Waals surface area (Å²) in [4.78, 5) is 16.6. The highest BCUT2D eigenvalue weighted by Gasteiger charge is 2.15. The molecule has 2 aromatic heterocycles. The molecule has 0 unspecified atom stereocenters. The first-order valence-electron chi connectivity index (χ1n) is 12.0. The largest absolute Gasteiger partial charge is 0.459 e. The summed E-state index contributed by atoms with van der Waals surface area (Å²) in [7, 11) is -3.32. The van der Waals surface area contributed by atoms with E-state index in [0.29, 0.717) is 17.2 Å². The van der Waals surface area contributed by atoms with Gasteiger partial charge in [-0.1, -0.05) is 24.3 Å². The molecule has 0 saturated carbocycles. The number of aromatic nitrogens is 1. The molecule has 5 aromatic rings. The zero-order valence-electron chi connectivity index (χ0n) is 20.9. The summed E-state index contributed by atoms with van der Waals surface area (Å²) in [5.74, 6) is 0.273. The van der Waals surface area contributed by atoms with Crippen LogP contribution in [0.2, 0.25) is 0 Å². The lowest BCUT2D eigenvalue weighted by Gasteiger charge is -2.09. The molecule has 0 saturated heterocycles. The molecule has 0 fully saturated rings. The second kappa shape index (κ2) is 10.5. The summed E-state index contributed by atoms with van der Waals surface area (Å²) in [6.07, 6.45) is 5.77. The van der Waals surface area contributed by atoms with E-state index in [4.69, 9.17) is 10.2 Å². The molecule has 7 nitrogen and oxygen atoms in total. The van der Waals surface area contributed by atoms with Crippen LogP contribution < -0.4 is 11.1 Å². The molecule has 0 atom stereocenters. The second-order valence-corrected chi connectivity index (χ2v) is 11.0. The van der Waals surface area contributed by atoms with Crippen molar-refractivity contribution < 1.29 is 22.0 Å². The van der Waals surface area contributed by atoms with Crippen molar-refractivity contribution in [1.82, 2.24) is 10.3 Å². The first-order chi connectivity index (χ1) is 18.7. The van der Waals surface area contributed by atoms with Crippen molar-refractivity contribution in [2.45, 2.75) is 11.4 Å². The van der Waals surface area contributed by atoms with Crippen LogP contribution in [0.15, 0.2) is 100 Å². The van der Waals surface area contributed by atoms with E-state index < -0.39 is 9.84 Å². The van der Waals surface area contributed by atoms with Crippen molar-refractivity contribution in [3.63, 3.8) is 0 Å². The lowest BCUT2D eigenvalue weighted by atomic mass is 9.97. The summed E-state index contributed by atoms with van der Waals surface area (Å²) in [6, 6.07) is 21.8. The summed E-state index contributed by atoms with van der Waals surface area (Å²) < 4.78 is 43.5. The van der Waals surface area contributed by atoms with Crippen molar-refractivity contribution in [1.29, 1.82) is 0 Å². The SMILES string of the molecule is CS(=O)(=O)c1ccc(-c2cc(-c3ccc(F)cc3)c3oc(CNC(=O)/C=C/c4ccc(N)nc4)cc3c2)cc1. The molecule has 0 radical (unpaired) electrons. The maximum Gasteiger partial charge on any atom is 0.244 e. The van der Waals surface area contributed by atoms with Gasteiger partial charge in [0.2, 0.25) is 5.91 Å². The Labute approximate surface area is 224 Å². The molecule has 3 N–H and O–H groups in total. The predicted molar refractivity (Wildman–Crippen MR) is 150 cm³/mol. The van der Waals surface area contributed by atoms with Crippen LogP contribution in [-0.2, 0) is 21.2 Å². The number of pyridine rings is 1. The second-order valence-electron chi connectivity index (χ2n) is 9.03. The van der Waals surface area contributed by atoms with Crippen molar-refractivity contribution in [3.05, 3.63) is 108 Å². The first-order valence-corrected chi connectivity index (χ1v) is 13.9. The van der Waals surface area contributed by atoms with Gasteiger partial charge in [-0.25, -0.2) is 17.8 Å². The monoisotopic (exact) mass is 541 g/mol. The van der Waals surface area contributed by atoms with Gasteiger partial charge in [0, 0.05) is 29.5 Å². The fraction of sp³-hybridized carbons (Fsp3) is 0.0667. The van der Waals surface area contributed by atoms with Crippen LogP contribution in [0.3, 0.4) is 0 Å². The number of carbonyl (C=O) groups excluding carboxylic acids is 1. The summed E-state index contributed by atoms with van der Waals surface area (Å²) in [6.45, 7) is 0.152. The normalized spacial score (nSPS) is 11.7. The minimum Gasteiger partial charge on any atom is -0.459 e. The molecule has 0 aliphatic rings. The number of nitrogens with two attached hydrogens (primary N) is 1. The van der Waals surface area contributed by atoms with Crippen LogP contribution in [0.5, 0.6) is 0 Å². The van der Waals surface area contributed by atoms with Crippen molar-refractivity contribution in [2.75, 3.05) is 12.0 Å². The van der Waals surface area contributed by atoms with Gasteiger partial charge in [-0.15, -0.1) is 0 Å².